The zero-order valence-corrected chi connectivity index (χ0v) is 8.11. The van der Waals surface area contributed by atoms with E-state index in [-0.39, 0.29) is 5.82 Å². The molecule has 1 aromatic rings. The molecule has 0 spiro atoms. The number of benzene rings is 1. The van der Waals surface area contributed by atoms with Gasteiger partial charge in [0.2, 0.25) is 4.46 Å². The lowest BCUT2D eigenvalue weighted by molar-refractivity contribution is 0.625. The van der Waals surface area contributed by atoms with Crippen molar-refractivity contribution < 1.29 is 4.39 Å². The van der Waals surface area contributed by atoms with Crippen molar-refractivity contribution in [3.8, 4) is 0 Å². The molecule has 0 bridgehead atoms. The van der Waals surface area contributed by atoms with Gasteiger partial charge in [0.1, 0.15) is 5.82 Å². The molecule has 0 saturated carbocycles. The quantitative estimate of drug-likeness (QED) is 0.469. The predicted octanol–water partition coefficient (Wildman–Crippen LogP) is 2.93. The molecule has 2 rings (SSSR count). The normalized spacial score (nSPS) is 18.4. The highest BCUT2D eigenvalue weighted by Gasteiger charge is 2.26. The monoisotopic (exact) mass is 217 g/mol. The number of hydrogen-bond acceptors (Lipinski definition) is 1. The molecule has 1 aliphatic rings. The number of hydrogen-bond donors (Lipinski definition) is 0. The Morgan fingerprint density at radius 2 is 2.15 bits per heavy atom. The smallest absolute Gasteiger partial charge is 0.211 e. The molecule has 4 heteroatoms. The Balaban J connectivity index is 2.47. The van der Waals surface area contributed by atoms with Crippen LogP contribution >= 0.6 is 23.2 Å². The average molecular weight is 218 g/mol. The van der Waals surface area contributed by atoms with Gasteiger partial charge < -0.3 is 0 Å². The summed E-state index contributed by atoms with van der Waals surface area (Å²) in [5, 5.41) is 0. The van der Waals surface area contributed by atoms with Crippen LogP contribution in [-0.4, -0.2) is 10.7 Å². The first-order valence-electron chi connectivity index (χ1n) is 3.78. The van der Waals surface area contributed by atoms with Crippen molar-refractivity contribution in [1.82, 2.24) is 0 Å². The van der Waals surface area contributed by atoms with Crippen LogP contribution in [0.1, 0.15) is 11.1 Å². The van der Waals surface area contributed by atoms with Gasteiger partial charge >= 0.3 is 0 Å². The number of halogens is 3. The van der Waals surface area contributed by atoms with Crippen LogP contribution in [0.15, 0.2) is 23.2 Å². The molecule has 0 unspecified atom stereocenters. The summed E-state index contributed by atoms with van der Waals surface area (Å²) in [5.74, 6) is -0.276. The molecule has 0 N–H and O–H groups in total. The Morgan fingerprint density at radius 3 is 2.92 bits per heavy atom. The second-order valence-corrected chi connectivity index (χ2v) is 4.39. The number of aliphatic imine (C=N–C) groups is 1. The maximum Gasteiger partial charge on any atom is 0.211 e. The van der Waals surface area contributed by atoms with E-state index in [0.29, 0.717) is 6.42 Å². The molecule has 1 nitrogen and oxygen atoms in total. The average Bonchev–Trinajstić information content (AvgIpc) is 2.05. The second-order valence-electron chi connectivity index (χ2n) is 2.94. The molecule has 0 aromatic heterocycles. The first-order chi connectivity index (χ1) is 6.07. The van der Waals surface area contributed by atoms with Crippen LogP contribution in [0.5, 0.6) is 0 Å². The molecule has 1 heterocycles. The van der Waals surface area contributed by atoms with Crippen molar-refractivity contribution in [1.29, 1.82) is 0 Å². The largest absolute Gasteiger partial charge is 0.254 e. The van der Waals surface area contributed by atoms with Gasteiger partial charge in [0.05, 0.1) is 0 Å². The van der Waals surface area contributed by atoms with Crippen molar-refractivity contribution in [3.63, 3.8) is 0 Å². The van der Waals surface area contributed by atoms with E-state index in [4.69, 9.17) is 23.2 Å². The molecular weight excluding hydrogens is 212 g/mol. The standard InChI is InChI=1S/C9H6Cl2FN/c10-9(11)4-6-1-2-8(12)3-7(6)5-13-9/h1-3,5H,4H2. The summed E-state index contributed by atoms with van der Waals surface area (Å²) in [4.78, 5) is 3.88. The first-order valence-corrected chi connectivity index (χ1v) is 4.54. The molecular formula is C9H6Cl2FN. The second kappa shape index (κ2) is 2.96. The molecule has 0 saturated heterocycles. The fraction of sp³-hybridized carbons (Fsp3) is 0.222. The first kappa shape index (κ1) is 8.97. The molecule has 0 amide bonds. The lowest BCUT2D eigenvalue weighted by Crippen LogP contribution is -2.19. The van der Waals surface area contributed by atoms with Crippen LogP contribution in [0.25, 0.3) is 0 Å². The predicted molar refractivity (Wildman–Crippen MR) is 52.1 cm³/mol. The van der Waals surface area contributed by atoms with E-state index >= 15 is 0 Å². The minimum Gasteiger partial charge on any atom is -0.254 e. The van der Waals surface area contributed by atoms with Crippen LogP contribution in [0.4, 0.5) is 4.39 Å². The number of fused-ring (bicyclic) bond motifs is 1. The summed E-state index contributed by atoms with van der Waals surface area (Å²) in [6.07, 6.45) is 1.92. The Labute approximate surface area is 85.2 Å². The summed E-state index contributed by atoms with van der Waals surface area (Å²) in [6, 6.07) is 4.49. The number of alkyl halides is 2. The Kier molecular flexibility index (Phi) is 2.05. The third-order valence-corrected chi connectivity index (χ3v) is 2.37. The van der Waals surface area contributed by atoms with Crippen molar-refractivity contribution in [3.05, 3.63) is 35.1 Å². The zero-order chi connectivity index (χ0) is 9.47. The molecule has 1 aromatic carbocycles. The topological polar surface area (TPSA) is 12.4 Å². The lowest BCUT2D eigenvalue weighted by Gasteiger charge is -2.20. The minimum atomic E-state index is -1.09. The van der Waals surface area contributed by atoms with Crippen molar-refractivity contribution in [2.24, 2.45) is 4.99 Å². The van der Waals surface area contributed by atoms with E-state index in [1.165, 1.54) is 18.3 Å². The highest BCUT2D eigenvalue weighted by Crippen LogP contribution is 2.31. The number of nitrogens with zero attached hydrogens (tertiary/aromatic N) is 1. The molecule has 0 atom stereocenters. The van der Waals surface area contributed by atoms with Crippen LogP contribution < -0.4 is 0 Å². The molecule has 1 aliphatic heterocycles. The third kappa shape index (κ3) is 1.84. The van der Waals surface area contributed by atoms with Crippen molar-refractivity contribution >= 4 is 29.4 Å². The Bertz CT molecular complexity index is 374. The van der Waals surface area contributed by atoms with E-state index in [1.54, 1.807) is 6.07 Å². The van der Waals surface area contributed by atoms with Crippen LogP contribution in [-0.2, 0) is 6.42 Å². The summed E-state index contributed by atoms with van der Waals surface area (Å²) in [6.45, 7) is 0. The zero-order valence-electron chi connectivity index (χ0n) is 6.60. The molecule has 0 aliphatic carbocycles. The van der Waals surface area contributed by atoms with Gasteiger partial charge in [-0.15, -0.1) is 0 Å². The van der Waals surface area contributed by atoms with Gasteiger partial charge in [0, 0.05) is 12.6 Å². The SMILES string of the molecule is Fc1ccc2c(c1)C=NC(Cl)(Cl)C2. The van der Waals surface area contributed by atoms with Gasteiger partial charge in [-0.1, -0.05) is 29.3 Å². The van der Waals surface area contributed by atoms with Crippen LogP contribution in [0.3, 0.4) is 0 Å². The number of rotatable bonds is 0. The van der Waals surface area contributed by atoms with Gasteiger partial charge in [-0.05, 0) is 23.3 Å². The maximum atomic E-state index is 12.8. The van der Waals surface area contributed by atoms with Gasteiger partial charge in [-0.25, -0.2) is 4.39 Å². The van der Waals surface area contributed by atoms with E-state index in [1.807, 2.05) is 0 Å². The molecule has 13 heavy (non-hydrogen) atoms. The van der Waals surface area contributed by atoms with Crippen LogP contribution in [0.2, 0.25) is 0 Å². The van der Waals surface area contributed by atoms with Crippen LogP contribution in [0, 0.1) is 5.82 Å². The van der Waals surface area contributed by atoms with Gasteiger partial charge in [0.25, 0.3) is 0 Å². The van der Waals surface area contributed by atoms with Gasteiger partial charge in [-0.3, -0.25) is 4.99 Å². The van der Waals surface area contributed by atoms with E-state index < -0.39 is 4.46 Å². The summed E-state index contributed by atoms with van der Waals surface area (Å²) in [5.41, 5.74) is 1.67. The Hall–Kier alpha value is -0.600. The van der Waals surface area contributed by atoms with E-state index in [2.05, 4.69) is 4.99 Å². The van der Waals surface area contributed by atoms with E-state index in [9.17, 15) is 4.39 Å². The van der Waals surface area contributed by atoms with Gasteiger partial charge in [-0.2, -0.15) is 0 Å². The molecule has 68 valence electrons. The maximum absolute atomic E-state index is 12.8. The molecule has 0 fully saturated rings. The highest BCUT2D eigenvalue weighted by molar-refractivity contribution is 6.48. The van der Waals surface area contributed by atoms with Gasteiger partial charge in [0.15, 0.2) is 0 Å². The van der Waals surface area contributed by atoms with Crippen molar-refractivity contribution in [2.45, 2.75) is 10.9 Å². The summed E-state index contributed by atoms with van der Waals surface area (Å²) in [7, 11) is 0. The molecule has 0 radical (unpaired) electrons. The Morgan fingerprint density at radius 1 is 1.38 bits per heavy atom. The third-order valence-electron chi connectivity index (χ3n) is 1.90. The lowest BCUT2D eigenvalue weighted by atomic mass is 10.0. The highest BCUT2D eigenvalue weighted by atomic mass is 35.5. The fourth-order valence-corrected chi connectivity index (χ4v) is 1.67. The summed E-state index contributed by atoms with van der Waals surface area (Å²) >= 11 is 11.6. The summed E-state index contributed by atoms with van der Waals surface area (Å²) < 4.78 is 11.7. The van der Waals surface area contributed by atoms with E-state index in [0.717, 1.165) is 11.1 Å². The minimum absolute atomic E-state index is 0.276. The van der Waals surface area contributed by atoms with Crippen molar-refractivity contribution in [2.75, 3.05) is 0 Å². The fourth-order valence-electron chi connectivity index (χ4n) is 1.29.